The second kappa shape index (κ2) is 5.84. The minimum absolute atomic E-state index is 0.0994. The van der Waals surface area contributed by atoms with Crippen molar-refractivity contribution < 1.29 is 5.11 Å². The van der Waals surface area contributed by atoms with Crippen molar-refractivity contribution in [3.63, 3.8) is 0 Å². The van der Waals surface area contributed by atoms with Crippen LogP contribution in [0.15, 0.2) is 48.5 Å². The predicted molar refractivity (Wildman–Crippen MR) is 88.7 cm³/mol. The highest BCUT2D eigenvalue weighted by atomic mass is 32.1. The zero-order chi connectivity index (χ0) is 14.8. The van der Waals surface area contributed by atoms with Crippen LogP contribution in [0.2, 0.25) is 0 Å². The number of anilines is 1. The SMILES string of the molecule is CC(O)c1ccccc1NC(C)c1nc2ccccc2s1. The molecule has 1 aromatic heterocycles. The molecule has 2 aromatic carbocycles. The molecule has 0 saturated heterocycles. The highest BCUT2D eigenvalue weighted by Crippen LogP contribution is 2.30. The number of hydrogen-bond donors (Lipinski definition) is 2. The van der Waals surface area contributed by atoms with Crippen molar-refractivity contribution >= 4 is 27.2 Å². The number of nitrogens with one attached hydrogen (secondary N) is 1. The number of aliphatic hydroxyl groups is 1. The van der Waals surface area contributed by atoms with Gasteiger partial charge in [0.1, 0.15) is 5.01 Å². The normalized spacial score (nSPS) is 14.0. The number of aliphatic hydroxyl groups excluding tert-OH is 1. The topological polar surface area (TPSA) is 45.1 Å². The van der Waals surface area contributed by atoms with Gasteiger partial charge in [-0.2, -0.15) is 0 Å². The maximum atomic E-state index is 9.85. The maximum absolute atomic E-state index is 9.85. The molecule has 0 aliphatic carbocycles. The molecule has 21 heavy (non-hydrogen) atoms. The van der Waals surface area contributed by atoms with Crippen LogP contribution in [0.3, 0.4) is 0 Å². The molecule has 2 N–H and O–H groups in total. The Labute approximate surface area is 128 Å². The Hall–Kier alpha value is -1.91. The van der Waals surface area contributed by atoms with Gasteiger partial charge in [0, 0.05) is 11.3 Å². The maximum Gasteiger partial charge on any atom is 0.116 e. The van der Waals surface area contributed by atoms with E-state index >= 15 is 0 Å². The number of benzene rings is 2. The van der Waals surface area contributed by atoms with Crippen molar-refractivity contribution in [3.8, 4) is 0 Å². The summed E-state index contributed by atoms with van der Waals surface area (Å²) < 4.78 is 1.20. The summed E-state index contributed by atoms with van der Waals surface area (Å²) in [6.45, 7) is 3.87. The quantitative estimate of drug-likeness (QED) is 0.744. The second-order valence-corrected chi connectivity index (χ2v) is 6.21. The molecule has 0 amide bonds. The lowest BCUT2D eigenvalue weighted by Gasteiger charge is -2.17. The van der Waals surface area contributed by atoms with Crippen molar-refractivity contribution in [2.24, 2.45) is 0 Å². The zero-order valence-corrected chi connectivity index (χ0v) is 12.9. The van der Waals surface area contributed by atoms with Gasteiger partial charge >= 0.3 is 0 Å². The number of rotatable bonds is 4. The van der Waals surface area contributed by atoms with E-state index in [1.807, 2.05) is 42.5 Å². The molecule has 0 spiro atoms. The summed E-state index contributed by atoms with van der Waals surface area (Å²) in [5.74, 6) is 0. The molecule has 1 heterocycles. The molecule has 0 radical (unpaired) electrons. The Morgan fingerprint density at radius 3 is 2.52 bits per heavy atom. The Morgan fingerprint density at radius 1 is 1.05 bits per heavy atom. The number of aromatic nitrogens is 1. The molecule has 0 saturated carbocycles. The molecule has 0 aliphatic rings. The zero-order valence-electron chi connectivity index (χ0n) is 12.1. The van der Waals surface area contributed by atoms with Gasteiger partial charge in [-0.3, -0.25) is 0 Å². The predicted octanol–water partition coefficient (Wildman–Crippen LogP) is 4.52. The van der Waals surface area contributed by atoms with E-state index in [-0.39, 0.29) is 6.04 Å². The second-order valence-electron chi connectivity index (χ2n) is 5.15. The highest BCUT2D eigenvalue weighted by molar-refractivity contribution is 7.18. The van der Waals surface area contributed by atoms with E-state index in [0.717, 1.165) is 21.8 Å². The number of fused-ring (bicyclic) bond motifs is 1. The third-order valence-corrected chi connectivity index (χ3v) is 4.68. The summed E-state index contributed by atoms with van der Waals surface area (Å²) in [5.41, 5.74) is 2.90. The fraction of sp³-hybridized carbons (Fsp3) is 0.235. The minimum atomic E-state index is -0.490. The van der Waals surface area contributed by atoms with Gasteiger partial charge in [0.25, 0.3) is 0 Å². The van der Waals surface area contributed by atoms with Crippen molar-refractivity contribution in [3.05, 3.63) is 59.1 Å². The van der Waals surface area contributed by atoms with E-state index in [9.17, 15) is 5.11 Å². The summed E-state index contributed by atoms with van der Waals surface area (Å²) in [7, 11) is 0. The third-order valence-electron chi connectivity index (χ3n) is 3.46. The first-order chi connectivity index (χ1) is 10.1. The van der Waals surface area contributed by atoms with Crippen LogP contribution in [-0.4, -0.2) is 10.1 Å². The minimum Gasteiger partial charge on any atom is -0.389 e. The van der Waals surface area contributed by atoms with Crippen LogP contribution >= 0.6 is 11.3 Å². The van der Waals surface area contributed by atoms with Crippen LogP contribution in [0.25, 0.3) is 10.2 Å². The molecule has 108 valence electrons. The van der Waals surface area contributed by atoms with Crippen LogP contribution in [0.1, 0.15) is 36.6 Å². The van der Waals surface area contributed by atoms with Gasteiger partial charge in [-0.15, -0.1) is 11.3 Å². The summed E-state index contributed by atoms with van der Waals surface area (Å²) >= 11 is 1.70. The lowest BCUT2D eigenvalue weighted by molar-refractivity contribution is 0.200. The first-order valence-corrected chi connectivity index (χ1v) is 7.86. The van der Waals surface area contributed by atoms with Crippen molar-refractivity contribution in [1.29, 1.82) is 0 Å². The van der Waals surface area contributed by atoms with E-state index in [4.69, 9.17) is 0 Å². The Bertz CT molecular complexity index is 718. The summed E-state index contributed by atoms with van der Waals surface area (Å²) in [6.07, 6.45) is -0.490. The first kappa shape index (κ1) is 14.0. The Kier molecular flexibility index (Phi) is 3.90. The molecule has 3 aromatic rings. The van der Waals surface area contributed by atoms with Crippen molar-refractivity contribution in [2.45, 2.75) is 26.0 Å². The van der Waals surface area contributed by atoms with E-state index in [1.54, 1.807) is 18.3 Å². The molecule has 0 bridgehead atoms. The average molecular weight is 298 g/mol. The third kappa shape index (κ3) is 2.91. The van der Waals surface area contributed by atoms with E-state index in [2.05, 4.69) is 23.3 Å². The van der Waals surface area contributed by atoms with Gasteiger partial charge < -0.3 is 10.4 Å². The highest BCUT2D eigenvalue weighted by Gasteiger charge is 2.14. The number of hydrogen-bond acceptors (Lipinski definition) is 4. The van der Waals surface area contributed by atoms with Crippen LogP contribution in [0.5, 0.6) is 0 Å². The Morgan fingerprint density at radius 2 is 1.76 bits per heavy atom. The van der Waals surface area contributed by atoms with Crippen molar-refractivity contribution in [1.82, 2.24) is 4.98 Å². The fourth-order valence-electron chi connectivity index (χ4n) is 2.36. The molecule has 2 unspecified atom stereocenters. The summed E-state index contributed by atoms with van der Waals surface area (Å²) in [6, 6.07) is 16.1. The molecule has 3 nitrogen and oxygen atoms in total. The van der Waals surface area contributed by atoms with Crippen LogP contribution in [0, 0.1) is 0 Å². The van der Waals surface area contributed by atoms with Gasteiger partial charge in [0.2, 0.25) is 0 Å². The van der Waals surface area contributed by atoms with Gasteiger partial charge in [-0.05, 0) is 32.0 Å². The van der Waals surface area contributed by atoms with Crippen molar-refractivity contribution in [2.75, 3.05) is 5.32 Å². The van der Waals surface area contributed by atoms with E-state index in [1.165, 1.54) is 4.70 Å². The number of thiazole rings is 1. The molecule has 0 aliphatic heterocycles. The van der Waals surface area contributed by atoms with E-state index in [0.29, 0.717) is 0 Å². The van der Waals surface area contributed by atoms with Crippen LogP contribution in [-0.2, 0) is 0 Å². The number of para-hydroxylation sites is 2. The smallest absolute Gasteiger partial charge is 0.116 e. The van der Waals surface area contributed by atoms with Gasteiger partial charge in [0.15, 0.2) is 0 Å². The fourth-order valence-corrected chi connectivity index (χ4v) is 3.33. The average Bonchev–Trinajstić information content (AvgIpc) is 2.91. The van der Waals surface area contributed by atoms with Gasteiger partial charge in [0.05, 0.1) is 22.4 Å². The number of nitrogens with zero attached hydrogens (tertiary/aromatic N) is 1. The largest absolute Gasteiger partial charge is 0.389 e. The van der Waals surface area contributed by atoms with E-state index < -0.39 is 6.10 Å². The molecule has 0 fully saturated rings. The van der Waals surface area contributed by atoms with Crippen LogP contribution < -0.4 is 5.32 Å². The molecular weight excluding hydrogens is 280 g/mol. The van der Waals surface area contributed by atoms with Gasteiger partial charge in [-0.1, -0.05) is 30.3 Å². The standard InChI is InChI=1S/C17H18N2OS/c1-11(17-19-15-9-5-6-10-16(15)21-17)18-14-8-4-3-7-13(14)12(2)20/h3-12,18,20H,1-2H3. The van der Waals surface area contributed by atoms with Gasteiger partial charge in [-0.25, -0.2) is 4.98 Å². The Balaban J connectivity index is 1.87. The molecule has 4 heteroatoms. The molecule has 2 atom stereocenters. The monoisotopic (exact) mass is 298 g/mol. The lowest BCUT2D eigenvalue weighted by atomic mass is 10.1. The van der Waals surface area contributed by atoms with Crippen LogP contribution in [0.4, 0.5) is 5.69 Å². The summed E-state index contributed by atoms with van der Waals surface area (Å²) in [5, 5.41) is 14.4. The lowest BCUT2D eigenvalue weighted by Crippen LogP contribution is -2.09. The molecular formula is C17H18N2OS. The molecule has 3 rings (SSSR count). The summed E-state index contributed by atoms with van der Waals surface area (Å²) in [4.78, 5) is 4.68. The first-order valence-electron chi connectivity index (χ1n) is 7.04.